The van der Waals surface area contributed by atoms with Crippen LogP contribution >= 0.6 is 23.2 Å². The number of halogens is 2. The third-order valence-electron chi connectivity index (χ3n) is 3.50. The standard InChI is InChI=1S/C15H12Cl2N2O/c1-15(9-5-3-2-4-6-9)14(20)18-12-7-10(16)11(17)8-13(12)19-15/h2-8,19H,1H3,(H,18,20). The third kappa shape index (κ3) is 2.03. The van der Waals surface area contributed by atoms with Gasteiger partial charge >= 0.3 is 0 Å². The predicted molar refractivity (Wildman–Crippen MR) is 82.5 cm³/mol. The molecule has 102 valence electrons. The fourth-order valence-electron chi connectivity index (χ4n) is 2.30. The molecule has 1 heterocycles. The average molecular weight is 307 g/mol. The van der Waals surface area contributed by atoms with Gasteiger partial charge in [0, 0.05) is 0 Å². The Morgan fingerprint density at radius 2 is 1.60 bits per heavy atom. The Bertz CT molecular complexity index is 688. The number of anilines is 2. The van der Waals surface area contributed by atoms with Crippen LogP contribution in [-0.2, 0) is 10.3 Å². The van der Waals surface area contributed by atoms with Crippen LogP contribution in [0.2, 0.25) is 10.0 Å². The highest BCUT2D eigenvalue weighted by atomic mass is 35.5. The lowest BCUT2D eigenvalue weighted by Gasteiger charge is -2.36. The van der Waals surface area contributed by atoms with Crippen molar-refractivity contribution in [3.05, 3.63) is 58.1 Å². The third-order valence-corrected chi connectivity index (χ3v) is 4.22. The number of fused-ring (bicyclic) bond motifs is 1. The lowest BCUT2D eigenvalue weighted by molar-refractivity contribution is -0.120. The van der Waals surface area contributed by atoms with Crippen LogP contribution in [0.4, 0.5) is 11.4 Å². The smallest absolute Gasteiger partial charge is 0.254 e. The highest BCUT2D eigenvalue weighted by molar-refractivity contribution is 6.42. The molecule has 20 heavy (non-hydrogen) atoms. The molecule has 0 fully saturated rings. The summed E-state index contributed by atoms with van der Waals surface area (Å²) >= 11 is 12.0. The van der Waals surface area contributed by atoms with Crippen molar-refractivity contribution < 1.29 is 4.79 Å². The van der Waals surface area contributed by atoms with Gasteiger partial charge in [-0.1, -0.05) is 53.5 Å². The number of rotatable bonds is 1. The van der Waals surface area contributed by atoms with Crippen molar-refractivity contribution in [2.24, 2.45) is 0 Å². The van der Waals surface area contributed by atoms with E-state index in [0.717, 1.165) is 11.3 Å². The molecule has 1 unspecified atom stereocenters. The lowest BCUT2D eigenvalue weighted by Crippen LogP contribution is -2.47. The Morgan fingerprint density at radius 3 is 2.25 bits per heavy atom. The first kappa shape index (κ1) is 13.3. The zero-order valence-corrected chi connectivity index (χ0v) is 12.2. The maximum absolute atomic E-state index is 12.4. The minimum absolute atomic E-state index is 0.130. The Labute approximate surface area is 126 Å². The van der Waals surface area contributed by atoms with Crippen LogP contribution in [0.5, 0.6) is 0 Å². The first-order valence-electron chi connectivity index (χ1n) is 6.15. The molecular weight excluding hydrogens is 295 g/mol. The monoisotopic (exact) mass is 306 g/mol. The van der Waals surface area contributed by atoms with E-state index in [-0.39, 0.29) is 5.91 Å². The Morgan fingerprint density at radius 1 is 1.00 bits per heavy atom. The van der Waals surface area contributed by atoms with E-state index in [4.69, 9.17) is 23.2 Å². The zero-order chi connectivity index (χ0) is 14.3. The minimum Gasteiger partial charge on any atom is -0.366 e. The van der Waals surface area contributed by atoms with E-state index in [2.05, 4.69) is 10.6 Å². The molecule has 0 bridgehead atoms. The number of amides is 1. The maximum Gasteiger partial charge on any atom is 0.254 e. The summed E-state index contributed by atoms with van der Waals surface area (Å²) in [7, 11) is 0. The van der Waals surface area contributed by atoms with Gasteiger partial charge in [-0.3, -0.25) is 4.79 Å². The molecule has 0 saturated carbocycles. The Balaban J connectivity index is 2.09. The van der Waals surface area contributed by atoms with E-state index in [1.165, 1.54) is 0 Å². The largest absolute Gasteiger partial charge is 0.366 e. The molecule has 0 saturated heterocycles. The van der Waals surface area contributed by atoms with Crippen LogP contribution < -0.4 is 10.6 Å². The number of nitrogens with one attached hydrogen (secondary N) is 2. The maximum atomic E-state index is 12.4. The van der Waals surface area contributed by atoms with Crippen LogP contribution in [0, 0.1) is 0 Å². The van der Waals surface area contributed by atoms with E-state index in [1.807, 2.05) is 37.3 Å². The molecule has 3 nitrogen and oxygen atoms in total. The van der Waals surface area contributed by atoms with Crippen molar-refractivity contribution in [3.63, 3.8) is 0 Å². The molecule has 0 aromatic heterocycles. The normalized spacial score (nSPS) is 20.9. The quantitative estimate of drug-likeness (QED) is 0.826. The van der Waals surface area contributed by atoms with E-state index < -0.39 is 5.54 Å². The lowest BCUT2D eigenvalue weighted by atomic mass is 9.88. The number of carbonyl (C=O) groups excluding carboxylic acids is 1. The number of carbonyl (C=O) groups is 1. The van der Waals surface area contributed by atoms with Gasteiger partial charge in [-0.25, -0.2) is 0 Å². The van der Waals surface area contributed by atoms with E-state index >= 15 is 0 Å². The molecule has 1 aliphatic heterocycles. The van der Waals surface area contributed by atoms with Gasteiger partial charge in [0.25, 0.3) is 5.91 Å². The summed E-state index contributed by atoms with van der Waals surface area (Å²) < 4.78 is 0. The van der Waals surface area contributed by atoms with E-state index in [9.17, 15) is 4.79 Å². The van der Waals surface area contributed by atoms with Crippen LogP contribution in [0.25, 0.3) is 0 Å². The second kappa shape index (κ2) is 4.69. The van der Waals surface area contributed by atoms with Crippen LogP contribution in [0.1, 0.15) is 12.5 Å². The highest BCUT2D eigenvalue weighted by Crippen LogP contribution is 2.40. The van der Waals surface area contributed by atoms with Crippen molar-refractivity contribution in [1.82, 2.24) is 0 Å². The molecule has 0 spiro atoms. The van der Waals surface area contributed by atoms with Gasteiger partial charge < -0.3 is 10.6 Å². The zero-order valence-electron chi connectivity index (χ0n) is 10.7. The molecule has 2 aromatic rings. The van der Waals surface area contributed by atoms with Crippen molar-refractivity contribution in [2.45, 2.75) is 12.5 Å². The van der Waals surface area contributed by atoms with E-state index in [0.29, 0.717) is 15.7 Å². The predicted octanol–water partition coefficient (Wildman–Crippen LogP) is 4.27. The molecule has 1 aliphatic rings. The van der Waals surface area contributed by atoms with Gasteiger partial charge in [0.1, 0.15) is 5.54 Å². The summed E-state index contributed by atoms with van der Waals surface area (Å²) in [5.41, 5.74) is 1.43. The van der Waals surface area contributed by atoms with Crippen molar-refractivity contribution in [3.8, 4) is 0 Å². The van der Waals surface area contributed by atoms with Gasteiger partial charge in [0.15, 0.2) is 0 Å². The summed E-state index contributed by atoms with van der Waals surface area (Å²) in [6.07, 6.45) is 0. The highest BCUT2D eigenvalue weighted by Gasteiger charge is 2.39. The SMILES string of the molecule is CC1(c2ccccc2)Nc2cc(Cl)c(Cl)cc2NC1=O. The molecule has 5 heteroatoms. The number of hydrogen-bond acceptors (Lipinski definition) is 2. The fourth-order valence-corrected chi connectivity index (χ4v) is 2.63. The molecular formula is C15H12Cl2N2O. The van der Waals surface area contributed by atoms with Gasteiger partial charge in [-0.2, -0.15) is 0 Å². The van der Waals surface area contributed by atoms with Gasteiger partial charge in [-0.05, 0) is 24.6 Å². The molecule has 0 aliphatic carbocycles. The molecule has 3 rings (SSSR count). The molecule has 1 atom stereocenters. The van der Waals surface area contributed by atoms with Crippen LogP contribution in [0.15, 0.2) is 42.5 Å². The van der Waals surface area contributed by atoms with Crippen molar-refractivity contribution >= 4 is 40.5 Å². The van der Waals surface area contributed by atoms with Gasteiger partial charge in [-0.15, -0.1) is 0 Å². The summed E-state index contributed by atoms with van der Waals surface area (Å²) in [6.45, 7) is 1.84. The molecule has 1 amide bonds. The average Bonchev–Trinajstić information content (AvgIpc) is 2.44. The van der Waals surface area contributed by atoms with Gasteiger partial charge in [0.05, 0.1) is 21.4 Å². The number of hydrogen-bond donors (Lipinski definition) is 2. The first-order valence-corrected chi connectivity index (χ1v) is 6.90. The molecule has 0 radical (unpaired) electrons. The summed E-state index contributed by atoms with van der Waals surface area (Å²) in [4.78, 5) is 12.4. The second-order valence-electron chi connectivity index (χ2n) is 4.88. The summed E-state index contributed by atoms with van der Waals surface area (Å²) in [6, 6.07) is 12.9. The van der Waals surface area contributed by atoms with Crippen molar-refractivity contribution in [1.29, 1.82) is 0 Å². The topological polar surface area (TPSA) is 41.1 Å². The fraction of sp³-hybridized carbons (Fsp3) is 0.133. The van der Waals surface area contributed by atoms with Crippen molar-refractivity contribution in [2.75, 3.05) is 10.6 Å². The molecule has 2 aromatic carbocycles. The van der Waals surface area contributed by atoms with Crippen LogP contribution in [-0.4, -0.2) is 5.91 Å². The van der Waals surface area contributed by atoms with Gasteiger partial charge in [0.2, 0.25) is 0 Å². The Kier molecular flexibility index (Phi) is 3.11. The Hall–Kier alpha value is -1.71. The molecule has 2 N–H and O–H groups in total. The van der Waals surface area contributed by atoms with E-state index in [1.54, 1.807) is 12.1 Å². The summed E-state index contributed by atoms with van der Waals surface area (Å²) in [5, 5.41) is 6.99. The number of benzene rings is 2. The van der Waals surface area contributed by atoms with Crippen LogP contribution in [0.3, 0.4) is 0 Å². The second-order valence-corrected chi connectivity index (χ2v) is 5.70. The minimum atomic E-state index is -0.842. The first-order chi connectivity index (χ1) is 9.50. The summed E-state index contributed by atoms with van der Waals surface area (Å²) in [5.74, 6) is -0.130.